The number of carbonyl (C=O) groups excluding carboxylic acids is 1. The number of ether oxygens (including phenoxy) is 1. The lowest BCUT2D eigenvalue weighted by Crippen LogP contribution is -2.09. The van der Waals surface area contributed by atoms with Gasteiger partial charge in [0.2, 0.25) is 0 Å². The largest absolute Gasteiger partial charge is 0.507 e. The zero-order valence-electron chi connectivity index (χ0n) is 11.0. The first kappa shape index (κ1) is 13.6. The van der Waals surface area contributed by atoms with Crippen molar-refractivity contribution in [3.05, 3.63) is 59.6 Å². The van der Waals surface area contributed by atoms with Gasteiger partial charge in [0, 0.05) is 17.5 Å². The highest BCUT2D eigenvalue weighted by molar-refractivity contribution is 5.96. The number of halogens is 1. The Morgan fingerprint density at radius 2 is 2.05 bits per heavy atom. The molecule has 0 aliphatic heterocycles. The molecule has 2 aromatic carbocycles. The van der Waals surface area contributed by atoms with Crippen LogP contribution < -0.4 is 4.74 Å². The molecule has 0 radical (unpaired) electrons. The third-order valence-electron chi connectivity index (χ3n) is 3.01. The molecule has 3 aromatic rings. The number of phenols is 1. The minimum Gasteiger partial charge on any atom is -0.507 e. The standard InChI is InChI=1S/C16H8FNO4/c17-14-7-10-5-9(8-18)6-13(15(10)22-14)21-16(20)11-3-1-2-4-12(11)19/h1-7,19H. The smallest absolute Gasteiger partial charge is 0.347 e. The van der Waals surface area contributed by atoms with E-state index in [0.717, 1.165) is 6.07 Å². The maximum atomic E-state index is 13.2. The van der Waals surface area contributed by atoms with Crippen LogP contribution in [0.1, 0.15) is 15.9 Å². The second kappa shape index (κ2) is 5.22. The number of rotatable bonds is 2. The Morgan fingerprint density at radius 3 is 2.77 bits per heavy atom. The van der Waals surface area contributed by atoms with Crippen molar-refractivity contribution in [3.63, 3.8) is 0 Å². The molecule has 1 N–H and O–H groups in total. The number of hydrogen-bond donors (Lipinski definition) is 1. The summed E-state index contributed by atoms with van der Waals surface area (Å²) in [6.07, 6.45) is 0. The van der Waals surface area contributed by atoms with Crippen molar-refractivity contribution in [2.45, 2.75) is 0 Å². The van der Waals surface area contributed by atoms with Crippen LogP contribution in [0.2, 0.25) is 0 Å². The molecule has 1 heterocycles. The number of furan rings is 1. The van der Waals surface area contributed by atoms with Gasteiger partial charge in [0.1, 0.15) is 11.3 Å². The van der Waals surface area contributed by atoms with Gasteiger partial charge < -0.3 is 14.3 Å². The Hall–Kier alpha value is -3.33. The van der Waals surface area contributed by atoms with Crippen molar-refractivity contribution < 1.29 is 23.4 Å². The number of nitriles is 1. The van der Waals surface area contributed by atoms with Gasteiger partial charge in [0.15, 0.2) is 11.3 Å². The minimum absolute atomic E-state index is 0.0141. The second-order valence-corrected chi connectivity index (χ2v) is 4.46. The van der Waals surface area contributed by atoms with Gasteiger partial charge in [-0.1, -0.05) is 12.1 Å². The summed E-state index contributed by atoms with van der Waals surface area (Å²) in [7, 11) is 0. The summed E-state index contributed by atoms with van der Waals surface area (Å²) in [6.45, 7) is 0. The summed E-state index contributed by atoms with van der Waals surface area (Å²) in [5.74, 6) is -1.18. The summed E-state index contributed by atoms with van der Waals surface area (Å²) in [4.78, 5) is 12.1. The minimum atomic E-state index is -0.857. The fourth-order valence-electron chi connectivity index (χ4n) is 2.03. The van der Waals surface area contributed by atoms with E-state index < -0.39 is 12.0 Å². The molecule has 0 atom stereocenters. The number of aromatic hydroxyl groups is 1. The summed E-state index contributed by atoms with van der Waals surface area (Å²) in [6, 6.07) is 10.6. The number of benzene rings is 2. The first-order chi connectivity index (χ1) is 10.6. The van der Waals surface area contributed by atoms with Crippen LogP contribution in [0.15, 0.2) is 46.9 Å². The van der Waals surface area contributed by atoms with Crippen molar-refractivity contribution in [2.24, 2.45) is 0 Å². The molecular weight excluding hydrogens is 289 g/mol. The van der Waals surface area contributed by atoms with Gasteiger partial charge in [-0.05, 0) is 18.2 Å². The lowest BCUT2D eigenvalue weighted by molar-refractivity contribution is 0.0731. The lowest BCUT2D eigenvalue weighted by Gasteiger charge is -2.06. The predicted octanol–water partition coefficient (Wildman–Crippen LogP) is 3.37. The predicted molar refractivity (Wildman–Crippen MR) is 74.0 cm³/mol. The van der Waals surface area contributed by atoms with Gasteiger partial charge in [0.25, 0.3) is 6.01 Å². The van der Waals surface area contributed by atoms with Crippen LogP contribution in [0.4, 0.5) is 4.39 Å². The van der Waals surface area contributed by atoms with E-state index >= 15 is 0 Å². The third-order valence-corrected chi connectivity index (χ3v) is 3.01. The van der Waals surface area contributed by atoms with Crippen molar-refractivity contribution in [2.75, 3.05) is 0 Å². The van der Waals surface area contributed by atoms with Crippen molar-refractivity contribution in [1.82, 2.24) is 0 Å². The first-order valence-corrected chi connectivity index (χ1v) is 6.22. The molecule has 0 unspecified atom stereocenters. The molecule has 0 saturated carbocycles. The molecule has 0 saturated heterocycles. The molecule has 0 aliphatic rings. The number of hydrogen-bond acceptors (Lipinski definition) is 5. The Balaban J connectivity index is 2.05. The van der Waals surface area contributed by atoms with Crippen molar-refractivity contribution >= 4 is 16.9 Å². The highest BCUT2D eigenvalue weighted by Crippen LogP contribution is 2.31. The molecule has 0 aliphatic carbocycles. The van der Waals surface area contributed by atoms with Gasteiger partial charge in [0.05, 0.1) is 11.6 Å². The quantitative estimate of drug-likeness (QED) is 0.579. The van der Waals surface area contributed by atoms with Gasteiger partial charge in [-0.25, -0.2) is 4.79 Å². The van der Waals surface area contributed by atoms with E-state index in [4.69, 9.17) is 14.4 Å². The Kier molecular flexibility index (Phi) is 3.24. The lowest BCUT2D eigenvalue weighted by atomic mass is 10.1. The SMILES string of the molecule is N#Cc1cc(OC(=O)c2ccccc2O)c2oc(F)cc2c1. The average Bonchev–Trinajstić information content (AvgIpc) is 2.88. The summed E-state index contributed by atoms with van der Waals surface area (Å²) < 4.78 is 23.2. The summed E-state index contributed by atoms with van der Waals surface area (Å²) >= 11 is 0. The van der Waals surface area contributed by atoms with Crippen LogP contribution in [0.3, 0.4) is 0 Å². The normalized spacial score (nSPS) is 10.4. The summed E-state index contributed by atoms with van der Waals surface area (Å²) in [5.41, 5.74) is 0.152. The van der Waals surface area contributed by atoms with Crippen LogP contribution in [-0.4, -0.2) is 11.1 Å². The maximum absolute atomic E-state index is 13.2. The monoisotopic (exact) mass is 297 g/mol. The molecule has 0 fully saturated rings. The number of carbonyl (C=O) groups is 1. The van der Waals surface area contributed by atoms with Crippen LogP contribution in [0.5, 0.6) is 11.5 Å². The number of fused-ring (bicyclic) bond motifs is 1. The van der Waals surface area contributed by atoms with E-state index in [2.05, 4.69) is 0 Å². The fourth-order valence-corrected chi connectivity index (χ4v) is 2.03. The average molecular weight is 297 g/mol. The molecule has 5 nitrogen and oxygen atoms in total. The molecule has 6 heteroatoms. The van der Waals surface area contributed by atoms with E-state index in [1.165, 1.54) is 24.3 Å². The number of phenolic OH excluding ortho intramolecular Hbond substituents is 1. The molecule has 0 spiro atoms. The van der Waals surface area contributed by atoms with Gasteiger partial charge >= 0.3 is 5.97 Å². The van der Waals surface area contributed by atoms with E-state index in [-0.39, 0.29) is 28.2 Å². The van der Waals surface area contributed by atoms with Crippen LogP contribution in [0, 0.1) is 17.3 Å². The maximum Gasteiger partial charge on any atom is 0.347 e. The van der Waals surface area contributed by atoms with Crippen LogP contribution >= 0.6 is 0 Å². The Bertz CT molecular complexity index is 924. The topological polar surface area (TPSA) is 83.5 Å². The molecule has 3 rings (SSSR count). The molecular formula is C16H8FNO4. The van der Waals surface area contributed by atoms with Crippen LogP contribution in [0.25, 0.3) is 11.0 Å². The highest BCUT2D eigenvalue weighted by Gasteiger charge is 2.18. The molecule has 108 valence electrons. The van der Waals surface area contributed by atoms with Gasteiger partial charge in [-0.2, -0.15) is 9.65 Å². The number of esters is 1. The molecule has 22 heavy (non-hydrogen) atoms. The van der Waals surface area contributed by atoms with Gasteiger partial charge in [-0.15, -0.1) is 0 Å². The van der Waals surface area contributed by atoms with E-state index in [1.807, 2.05) is 6.07 Å². The number of nitrogens with zero attached hydrogens (tertiary/aromatic N) is 1. The van der Waals surface area contributed by atoms with E-state index in [1.54, 1.807) is 12.1 Å². The van der Waals surface area contributed by atoms with Crippen molar-refractivity contribution in [1.29, 1.82) is 5.26 Å². The zero-order valence-corrected chi connectivity index (χ0v) is 11.0. The summed E-state index contributed by atoms with van der Waals surface area (Å²) in [5, 5.41) is 18.9. The third kappa shape index (κ3) is 2.36. The molecule has 0 amide bonds. The Morgan fingerprint density at radius 1 is 1.27 bits per heavy atom. The van der Waals surface area contributed by atoms with Crippen LogP contribution in [-0.2, 0) is 0 Å². The van der Waals surface area contributed by atoms with Gasteiger partial charge in [-0.3, -0.25) is 0 Å². The molecule has 0 bridgehead atoms. The fraction of sp³-hybridized carbons (Fsp3) is 0. The molecule has 1 aromatic heterocycles. The zero-order chi connectivity index (χ0) is 15.7. The number of para-hydroxylation sites is 1. The van der Waals surface area contributed by atoms with Crippen molar-refractivity contribution in [3.8, 4) is 17.6 Å². The van der Waals surface area contributed by atoms with E-state index in [9.17, 15) is 14.3 Å². The second-order valence-electron chi connectivity index (χ2n) is 4.46. The Labute approximate surface area is 123 Å². The highest BCUT2D eigenvalue weighted by atomic mass is 19.1. The van der Waals surface area contributed by atoms with E-state index in [0.29, 0.717) is 5.39 Å². The first-order valence-electron chi connectivity index (χ1n) is 6.22.